The Morgan fingerprint density at radius 3 is 2.46 bits per heavy atom. The maximum atomic E-state index is 13.4. The molecule has 3 rings (SSSR count). The van der Waals surface area contributed by atoms with Gasteiger partial charge in [0.2, 0.25) is 0 Å². The highest BCUT2D eigenvalue weighted by Gasteiger charge is 2.41. The standard InChI is InChI=1S/C20H21FN2O.NO3/c1-23(2)11-3-10-20(17-5-7-18(21)8-6-17)19-9-4-15(13-22)12-16(19)14-24-20;2-1(3)4/h4-9,12H,3,10-11,14H2,1-2H3;/q;-1/t20-;/m0./s1. The smallest absolute Gasteiger partial charge is 0.123 e. The zero-order chi connectivity index (χ0) is 20.7. The second-order valence-electron chi connectivity index (χ2n) is 6.74. The summed E-state index contributed by atoms with van der Waals surface area (Å²) in [7, 11) is 4.10. The molecule has 0 spiro atoms. The molecule has 8 heteroatoms. The van der Waals surface area contributed by atoms with Crippen molar-refractivity contribution in [2.75, 3.05) is 20.6 Å². The van der Waals surface area contributed by atoms with E-state index in [-0.39, 0.29) is 5.82 Å². The van der Waals surface area contributed by atoms with Crippen molar-refractivity contribution in [2.45, 2.75) is 25.0 Å². The second-order valence-corrected chi connectivity index (χ2v) is 6.74. The molecule has 0 amide bonds. The van der Waals surface area contributed by atoms with E-state index in [1.54, 1.807) is 12.1 Å². The zero-order valence-corrected chi connectivity index (χ0v) is 15.7. The number of rotatable bonds is 5. The van der Waals surface area contributed by atoms with Gasteiger partial charge in [-0.25, -0.2) is 4.39 Å². The zero-order valence-electron chi connectivity index (χ0n) is 15.7. The van der Waals surface area contributed by atoms with Crippen LogP contribution in [-0.2, 0) is 16.9 Å². The lowest BCUT2D eigenvalue weighted by atomic mass is 9.81. The molecule has 0 saturated carbocycles. The molecule has 0 fully saturated rings. The van der Waals surface area contributed by atoms with Crippen LogP contribution >= 0.6 is 0 Å². The van der Waals surface area contributed by atoms with E-state index >= 15 is 0 Å². The third-order valence-corrected chi connectivity index (χ3v) is 4.59. The Morgan fingerprint density at radius 1 is 1.25 bits per heavy atom. The van der Waals surface area contributed by atoms with Gasteiger partial charge >= 0.3 is 0 Å². The van der Waals surface area contributed by atoms with Crippen LogP contribution in [0.4, 0.5) is 4.39 Å². The minimum absolute atomic E-state index is 0.250. The fourth-order valence-corrected chi connectivity index (χ4v) is 3.41. The van der Waals surface area contributed by atoms with Crippen molar-refractivity contribution in [1.29, 1.82) is 5.26 Å². The van der Waals surface area contributed by atoms with Crippen LogP contribution in [0, 0.1) is 32.5 Å². The van der Waals surface area contributed by atoms with Crippen molar-refractivity contribution in [1.82, 2.24) is 4.90 Å². The summed E-state index contributed by atoms with van der Waals surface area (Å²) in [5.74, 6) is -0.250. The molecule has 0 saturated heterocycles. The van der Waals surface area contributed by atoms with E-state index in [9.17, 15) is 4.39 Å². The summed E-state index contributed by atoms with van der Waals surface area (Å²) in [5, 5.41) is 23.9. The van der Waals surface area contributed by atoms with Crippen LogP contribution in [0.2, 0.25) is 0 Å². The van der Waals surface area contributed by atoms with Gasteiger partial charge in [0, 0.05) is 0 Å². The van der Waals surface area contributed by atoms with Crippen LogP contribution in [0.5, 0.6) is 0 Å². The normalized spacial score (nSPS) is 17.4. The number of hydrogen-bond donors (Lipinski definition) is 0. The van der Waals surface area contributed by atoms with Crippen molar-refractivity contribution in [2.24, 2.45) is 0 Å². The first kappa shape index (κ1) is 21.3. The topological polar surface area (TPSA) is 102 Å². The van der Waals surface area contributed by atoms with Gasteiger partial charge in [-0.05, 0) is 74.4 Å². The monoisotopic (exact) mass is 386 g/mol. The Hall–Kier alpha value is -3.02. The highest BCUT2D eigenvalue weighted by Crippen LogP contribution is 2.45. The Bertz CT molecular complexity index is 861. The van der Waals surface area contributed by atoms with Gasteiger partial charge in [0.05, 0.1) is 23.3 Å². The predicted octanol–water partition coefficient (Wildman–Crippen LogP) is 3.57. The van der Waals surface area contributed by atoms with Gasteiger partial charge in [-0.2, -0.15) is 5.26 Å². The van der Waals surface area contributed by atoms with Crippen molar-refractivity contribution in [3.05, 3.63) is 85.9 Å². The molecule has 2 aromatic carbocycles. The summed E-state index contributed by atoms with van der Waals surface area (Å²) < 4.78 is 19.6. The van der Waals surface area contributed by atoms with Gasteiger partial charge in [-0.1, -0.05) is 18.2 Å². The predicted molar refractivity (Wildman–Crippen MR) is 101 cm³/mol. The van der Waals surface area contributed by atoms with Gasteiger partial charge in [-0.15, -0.1) is 0 Å². The van der Waals surface area contributed by atoms with E-state index in [0.29, 0.717) is 12.2 Å². The Balaban J connectivity index is 0.000000640. The van der Waals surface area contributed by atoms with E-state index in [1.165, 1.54) is 12.1 Å². The lowest BCUT2D eigenvalue weighted by Gasteiger charge is -2.31. The van der Waals surface area contributed by atoms with E-state index in [1.807, 2.05) is 32.3 Å². The Kier molecular flexibility index (Phi) is 7.04. The second kappa shape index (κ2) is 9.26. The average molecular weight is 386 g/mol. The molecule has 0 aliphatic carbocycles. The fourth-order valence-electron chi connectivity index (χ4n) is 3.41. The van der Waals surface area contributed by atoms with Crippen molar-refractivity contribution >= 4 is 0 Å². The third kappa shape index (κ3) is 5.03. The molecule has 28 heavy (non-hydrogen) atoms. The summed E-state index contributed by atoms with van der Waals surface area (Å²) in [6.45, 7) is 1.43. The Labute approximate surface area is 162 Å². The first-order chi connectivity index (χ1) is 13.3. The molecule has 1 aliphatic heterocycles. The van der Waals surface area contributed by atoms with Gasteiger partial charge in [0.25, 0.3) is 0 Å². The lowest BCUT2D eigenvalue weighted by molar-refractivity contribution is -0.402. The van der Waals surface area contributed by atoms with Crippen molar-refractivity contribution in [3.63, 3.8) is 0 Å². The average Bonchev–Trinajstić information content (AvgIpc) is 3.00. The van der Waals surface area contributed by atoms with Gasteiger partial charge in [-0.3, -0.25) is 0 Å². The van der Waals surface area contributed by atoms with Crippen LogP contribution in [0.15, 0.2) is 42.5 Å². The molecule has 7 nitrogen and oxygen atoms in total. The van der Waals surface area contributed by atoms with Crippen LogP contribution in [0.25, 0.3) is 0 Å². The van der Waals surface area contributed by atoms with Crippen LogP contribution in [0.1, 0.15) is 35.1 Å². The van der Waals surface area contributed by atoms with Crippen molar-refractivity contribution < 1.29 is 14.2 Å². The molecule has 0 aromatic heterocycles. The molecular weight excluding hydrogens is 365 g/mol. The number of fused-ring (bicyclic) bond motifs is 1. The number of benzene rings is 2. The van der Waals surface area contributed by atoms with E-state index in [0.717, 1.165) is 36.1 Å². The molecule has 1 atom stereocenters. The molecule has 1 heterocycles. The fraction of sp³-hybridized carbons (Fsp3) is 0.350. The minimum Gasteiger partial charge on any atom is -0.361 e. The number of nitrogens with zero attached hydrogens (tertiary/aromatic N) is 3. The summed E-state index contributed by atoms with van der Waals surface area (Å²) in [6.07, 6.45) is 1.78. The van der Waals surface area contributed by atoms with E-state index in [2.05, 4.69) is 11.0 Å². The SMILES string of the molecule is CN(C)CCC[C@@]1(c2ccc(F)cc2)OCc2cc(C#N)ccc21.O=[N+]([O-])[O-]. The lowest BCUT2D eigenvalue weighted by Crippen LogP contribution is -2.28. The quantitative estimate of drug-likeness (QED) is 0.575. The van der Waals surface area contributed by atoms with Crippen LogP contribution in [0.3, 0.4) is 0 Å². The van der Waals surface area contributed by atoms with Gasteiger partial charge in [0.15, 0.2) is 0 Å². The van der Waals surface area contributed by atoms with E-state index < -0.39 is 10.7 Å². The number of ether oxygens (including phenoxy) is 1. The minimum atomic E-state index is -1.75. The molecule has 0 N–H and O–H groups in total. The van der Waals surface area contributed by atoms with Crippen molar-refractivity contribution in [3.8, 4) is 6.07 Å². The maximum Gasteiger partial charge on any atom is 0.123 e. The first-order valence-electron chi connectivity index (χ1n) is 8.68. The van der Waals surface area contributed by atoms with Gasteiger partial charge < -0.3 is 25.0 Å². The van der Waals surface area contributed by atoms with Gasteiger partial charge in [0.1, 0.15) is 11.4 Å². The number of halogens is 1. The van der Waals surface area contributed by atoms with E-state index in [4.69, 9.17) is 25.3 Å². The summed E-state index contributed by atoms with van der Waals surface area (Å²) in [5.41, 5.74) is 3.18. The molecule has 2 aromatic rings. The molecular formula is C20H21FN3O4-. The third-order valence-electron chi connectivity index (χ3n) is 4.59. The first-order valence-corrected chi connectivity index (χ1v) is 8.68. The summed E-state index contributed by atoms with van der Waals surface area (Å²) in [4.78, 5) is 10.4. The summed E-state index contributed by atoms with van der Waals surface area (Å²) in [6, 6.07) is 14.5. The Morgan fingerprint density at radius 2 is 1.89 bits per heavy atom. The summed E-state index contributed by atoms with van der Waals surface area (Å²) >= 11 is 0. The highest BCUT2D eigenvalue weighted by atomic mass is 19.1. The van der Waals surface area contributed by atoms with Crippen LogP contribution in [-0.4, -0.2) is 30.6 Å². The molecule has 1 aliphatic rings. The molecule has 0 radical (unpaired) electrons. The number of hydrogen-bond acceptors (Lipinski definition) is 6. The molecule has 0 unspecified atom stereocenters. The number of nitriles is 1. The highest BCUT2D eigenvalue weighted by molar-refractivity contribution is 5.47. The molecule has 148 valence electrons. The van der Waals surface area contributed by atoms with Crippen LogP contribution < -0.4 is 0 Å². The maximum absolute atomic E-state index is 13.4. The molecule has 0 bridgehead atoms. The largest absolute Gasteiger partial charge is 0.361 e.